The van der Waals surface area contributed by atoms with Crippen LogP contribution >= 0.6 is 0 Å². The molecule has 146 valence electrons. The van der Waals surface area contributed by atoms with Gasteiger partial charge in [0, 0.05) is 43.1 Å². The van der Waals surface area contributed by atoms with Crippen LogP contribution in [0.1, 0.15) is 12.5 Å². The maximum absolute atomic E-state index is 12.8. The number of ether oxygens (including phenoxy) is 1. The zero-order chi connectivity index (χ0) is 19.7. The molecule has 4 rings (SSSR count). The minimum Gasteiger partial charge on any atom is -0.482 e. The highest BCUT2D eigenvalue weighted by Gasteiger charge is 2.28. The largest absolute Gasteiger partial charge is 0.482 e. The predicted octanol–water partition coefficient (Wildman–Crippen LogP) is 3.07. The van der Waals surface area contributed by atoms with Crippen LogP contribution in [-0.4, -0.2) is 49.1 Å². The van der Waals surface area contributed by atoms with E-state index in [1.54, 1.807) is 18.2 Å². The second-order valence-corrected chi connectivity index (χ2v) is 7.25. The summed E-state index contributed by atoms with van der Waals surface area (Å²) in [5.74, 6) is 0.388. The van der Waals surface area contributed by atoms with Gasteiger partial charge in [0.05, 0.1) is 5.69 Å². The zero-order valence-electron chi connectivity index (χ0n) is 16.1. The summed E-state index contributed by atoms with van der Waals surface area (Å²) in [7, 11) is 0. The number of amides is 3. The predicted molar refractivity (Wildman–Crippen MR) is 109 cm³/mol. The van der Waals surface area contributed by atoms with Gasteiger partial charge < -0.3 is 25.2 Å². The summed E-state index contributed by atoms with van der Waals surface area (Å²) in [5, 5.41) is 5.69. The van der Waals surface area contributed by atoms with Crippen LogP contribution in [-0.2, 0) is 4.79 Å². The topological polar surface area (TPSA) is 73.9 Å². The van der Waals surface area contributed by atoms with E-state index in [-0.39, 0.29) is 24.6 Å². The van der Waals surface area contributed by atoms with Crippen molar-refractivity contribution in [2.24, 2.45) is 0 Å². The van der Waals surface area contributed by atoms with Gasteiger partial charge in [-0.1, -0.05) is 18.2 Å². The Morgan fingerprint density at radius 1 is 1.21 bits per heavy atom. The van der Waals surface area contributed by atoms with E-state index in [4.69, 9.17) is 4.74 Å². The molecule has 2 aliphatic rings. The smallest absolute Gasteiger partial charge is 0.322 e. The van der Waals surface area contributed by atoms with Crippen LogP contribution in [0.15, 0.2) is 42.5 Å². The molecule has 0 aromatic heterocycles. The van der Waals surface area contributed by atoms with E-state index in [1.807, 2.05) is 17.0 Å². The van der Waals surface area contributed by atoms with Gasteiger partial charge in [-0.15, -0.1) is 0 Å². The quantitative estimate of drug-likeness (QED) is 0.840. The third-order valence-corrected chi connectivity index (χ3v) is 5.21. The Balaban J connectivity index is 1.41. The SMILES string of the molecule is Cc1ccccc1N1CCN(C(=O)Nc2ccc3c(c2)OCC(=O)N3)[C@@H](C)C1. The minimum absolute atomic E-state index is 0.0116. The number of nitrogens with zero attached hydrogens (tertiary/aromatic N) is 2. The van der Waals surface area contributed by atoms with Crippen LogP contribution in [0.25, 0.3) is 0 Å². The van der Waals surface area contributed by atoms with Gasteiger partial charge in [-0.2, -0.15) is 0 Å². The first kappa shape index (κ1) is 18.2. The standard InChI is InChI=1S/C21H24N4O3/c1-14-5-3-4-6-18(14)24-9-10-25(15(2)12-24)21(27)22-16-7-8-17-19(11-16)28-13-20(26)23-17/h3-8,11,15H,9-10,12-13H2,1-2H3,(H,22,27)(H,23,26)/t15-/m0/s1. The molecule has 0 spiro atoms. The van der Waals surface area contributed by atoms with Crippen LogP contribution < -0.4 is 20.3 Å². The second kappa shape index (κ2) is 7.42. The summed E-state index contributed by atoms with van der Waals surface area (Å²) in [5.41, 5.74) is 3.74. The van der Waals surface area contributed by atoms with Crippen molar-refractivity contribution in [1.29, 1.82) is 0 Å². The van der Waals surface area contributed by atoms with Gasteiger partial charge in [0.2, 0.25) is 0 Å². The third kappa shape index (κ3) is 3.60. The maximum atomic E-state index is 12.8. The van der Waals surface area contributed by atoms with Crippen LogP contribution in [0.2, 0.25) is 0 Å². The molecule has 7 heteroatoms. The minimum atomic E-state index is -0.176. The molecule has 1 atom stereocenters. The highest BCUT2D eigenvalue weighted by Crippen LogP contribution is 2.31. The fourth-order valence-electron chi connectivity index (χ4n) is 3.74. The van der Waals surface area contributed by atoms with Gasteiger partial charge in [0.25, 0.3) is 5.91 Å². The van der Waals surface area contributed by atoms with Gasteiger partial charge in [-0.05, 0) is 37.6 Å². The van der Waals surface area contributed by atoms with Crippen LogP contribution in [0, 0.1) is 6.92 Å². The highest BCUT2D eigenvalue weighted by molar-refractivity contribution is 5.96. The molecular weight excluding hydrogens is 356 g/mol. The first-order valence-electron chi connectivity index (χ1n) is 9.46. The van der Waals surface area contributed by atoms with E-state index < -0.39 is 0 Å². The first-order valence-corrected chi connectivity index (χ1v) is 9.46. The van der Waals surface area contributed by atoms with Crippen molar-refractivity contribution in [3.05, 3.63) is 48.0 Å². The number of piperazine rings is 1. The van der Waals surface area contributed by atoms with Gasteiger partial charge >= 0.3 is 6.03 Å². The number of carbonyl (C=O) groups is 2. The second-order valence-electron chi connectivity index (χ2n) is 7.25. The lowest BCUT2D eigenvalue weighted by molar-refractivity contribution is -0.118. The summed E-state index contributed by atoms with van der Waals surface area (Å²) in [6.07, 6.45) is 0. The van der Waals surface area contributed by atoms with Gasteiger partial charge in [0.1, 0.15) is 5.75 Å². The molecule has 2 heterocycles. The fraction of sp³-hybridized carbons (Fsp3) is 0.333. The van der Waals surface area contributed by atoms with Crippen molar-refractivity contribution >= 4 is 29.0 Å². The summed E-state index contributed by atoms with van der Waals surface area (Å²) in [6.45, 7) is 6.40. The normalized spacial score (nSPS) is 18.8. The van der Waals surface area contributed by atoms with Crippen LogP contribution in [0.5, 0.6) is 5.75 Å². The van der Waals surface area contributed by atoms with E-state index in [2.05, 4.69) is 41.5 Å². The van der Waals surface area contributed by atoms with Crippen LogP contribution in [0.4, 0.5) is 21.9 Å². The number of anilines is 3. The van der Waals surface area contributed by atoms with Crippen molar-refractivity contribution in [2.45, 2.75) is 19.9 Å². The summed E-state index contributed by atoms with van der Waals surface area (Å²) in [6, 6.07) is 13.5. The van der Waals surface area contributed by atoms with E-state index >= 15 is 0 Å². The van der Waals surface area contributed by atoms with Crippen molar-refractivity contribution < 1.29 is 14.3 Å². The number of urea groups is 1. The molecule has 0 radical (unpaired) electrons. The van der Waals surface area contributed by atoms with Crippen molar-refractivity contribution in [1.82, 2.24) is 4.90 Å². The Kier molecular flexibility index (Phi) is 4.81. The van der Waals surface area contributed by atoms with Crippen molar-refractivity contribution in [2.75, 3.05) is 41.8 Å². The Bertz CT molecular complexity index is 914. The number of hydrogen-bond acceptors (Lipinski definition) is 4. The van der Waals surface area contributed by atoms with Crippen LogP contribution in [0.3, 0.4) is 0 Å². The Morgan fingerprint density at radius 3 is 2.82 bits per heavy atom. The van der Waals surface area contributed by atoms with E-state index in [9.17, 15) is 9.59 Å². The lowest BCUT2D eigenvalue weighted by Crippen LogP contribution is -2.55. The highest BCUT2D eigenvalue weighted by atomic mass is 16.5. The molecular formula is C21H24N4O3. The molecule has 0 aliphatic carbocycles. The molecule has 2 aromatic carbocycles. The van der Waals surface area contributed by atoms with E-state index in [1.165, 1.54) is 11.3 Å². The maximum Gasteiger partial charge on any atom is 0.322 e. The number of hydrogen-bond donors (Lipinski definition) is 2. The summed E-state index contributed by atoms with van der Waals surface area (Å²) >= 11 is 0. The van der Waals surface area contributed by atoms with Crippen molar-refractivity contribution in [3.63, 3.8) is 0 Å². The third-order valence-electron chi connectivity index (χ3n) is 5.21. The summed E-state index contributed by atoms with van der Waals surface area (Å²) in [4.78, 5) is 28.3. The number of fused-ring (bicyclic) bond motifs is 1. The molecule has 0 saturated carbocycles. The molecule has 1 fully saturated rings. The van der Waals surface area contributed by atoms with E-state index in [0.29, 0.717) is 23.7 Å². The van der Waals surface area contributed by atoms with Gasteiger partial charge in [-0.3, -0.25) is 4.79 Å². The zero-order valence-corrected chi connectivity index (χ0v) is 16.1. The Hall–Kier alpha value is -3.22. The van der Waals surface area contributed by atoms with Gasteiger partial charge in [0.15, 0.2) is 6.61 Å². The molecule has 28 heavy (non-hydrogen) atoms. The van der Waals surface area contributed by atoms with Crippen molar-refractivity contribution in [3.8, 4) is 5.75 Å². The molecule has 3 amide bonds. The van der Waals surface area contributed by atoms with Gasteiger partial charge in [-0.25, -0.2) is 4.79 Å². The molecule has 2 aliphatic heterocycles. The average Bonchev–Trinajstić information content (AvgIpc) is 2.68. The number of nitrogens with one attached hydrogen (secondary N) is 2. The fourth-order valence-corrected chi connectivity index (χ4v) is 3.74. The summed E-state index contributed by atoms with van der Waals surface area (Å²) < 4.78 is 5.42. The number of para-hydroxylation sites is 1. The Labute approximate surface area is 164 Å². The molecule has 1 saturated heterocycles. The molecule has 2 N–H and O–H groups in total. The molecule has 7 nitrogen and oxygen atoms in total. The first-order chi connectivity index (χ1) is 13.5. The molecule has 0 bridgehead atoms. The Morgan fingerprint density at radius 2 is 2.04 bits per heavy atom. The number of benzene rings is 2. The number of aryl methyl sites for hydroxylation is 1. The number of carbonyl (C=O) groups excluding carboxylic acids is 2. The lowest BCUT2D eigenvalue weighted by atomic mass is 10.1. The van der Waals surface area contributed by atoms with E-state index in [0.717, 1.165) is 13.1 Å². The monoisotopic (exact) mass is 380 g/mol. The number of rotatable bonds is 2. The molecule has 2 aromatic rings. The average molecular weight is 380 g/mol. The lowest BCUT2D eigenvalue weighted by Gasteiger charge is -2.41. The molecule has 0 unspecified atom stereocenters.